The number of hydrogen-bond donors (Lipinski definition) is 2. The van der Waals surface area contributed by atoms with E-state index in [0.717, 1.165) is 4.57 Å². The van der Waals surface area contributed by atoms with Gasteiger partial charge in [0.15, 0.2) is 0 Å². The summed E-state index contributed by atoms with van der Waals surface area (Å²) in [5.41, 5.74) is -1.25. The van der Waals surface area contributed by atoms with Crippen LogP contribution in [-0.2, 0) is 13.5 Å². The Bertz CT molecular complexity index is 950. The molecule has 0 aliphatic rings. The molecule has 2 heterocycles. The van der Waals surface area contributed by atoms with Gasteiger partial charge in [-0.1, -0.05) is 0 Å². The normalized spacial score (nSPS) is 21.0. The molecule has 0 fully saturated rings. The van der Waals surface area contributed by atoms with Crippen molar-refractivity contribution in [3.8, 4) is 0 Å². The van der Waals surface area contributed by atoms with E-state index in [0.29, 0.717) is 10.1 Å². The second-order valence-corrected chi connectivity index (χ2v) is 4.67. The molecule has 0 amide bonds. The maximum Gasteiger partial charge on any atom is 0.332 e. The molecule has 20 heavy (non-hydrogen) atoms. The number of fused-ring (bicyclic) bond motifs is 1. The van der Waals surface area contributed by atoms with Crippen LogP contribution >= 0.6 is 0 Å². The number of H-pyrrole nitrogens is 1. The molecular weight excluding hydrogens is 258 g/mol. The first-order valence-electron chi connectivity index (χ1n) is 9.75. The minimum Gasteiger partial charge on any atom is -0.393 e. The maximum absolute atomic E-state index is 12.6. The lowest BCUT2D eigenvalue weighted by atomic mass is 10.2. The standard InChI is InChI=1S/C14H21N3O3/c1-9-8-15-12-11(9)13(19)17(14(20)16(12)3)7-5-4-6-10(2)18/h8,10,15,18H,4-7H2,1-3H3/i2D3,3D3,10D. The fourth-order valence-corrected chi connectivity index (χ4v) is 2.15. The van der Waals surface area contributed by atoms with Crippen LogP contribution < -0.4 is 11.2 Å². The fraction of sp³-hybridized carbons (Fsp3) is 0.571. The summed E-state index contributed by atoms with van der Waals surface area (Å²) in [4.78, 5) is 27.9. The summed E-state index contributed by atoms with van der Waals surface area (Å²) in [7, 11) is 0. The predicted octanol–water partition coefficient (Wildman–Crippen LogP) is 0.888. The fourth-order valence-electron chi connectivity index (χ4n) is 2.15. The van der Waals surface area contributed by atoms with Crippen LogP contribution in [0.4, 0.5) is 0 Å². The summed E-state index contributed by atoms with van der Waals surface area (Å²) in [6.07, 6.45) is -1.39. The molecule has 0 saturated carbocycles. The van der Waals surface area contributed by atoms with Crippen molar-refractivity contribution in [2.24, 2.45) is 6.98 Å². The molecule has 0 bridgehead atoms. The van der Waals surface area contributed by atoms with E-state index in [9.17, 15) is 14.7 Å². The summed E-state index contributed by atoms with van der Waals surface area (Å²) in [5.74, 6) is 0. The summed E-state index contributed by atoms with van der Waals surface area (Å²) in [6, 6.07) is 0. The SMILES string of the molecule is [2H]C([2H])([2H])n1c(=O)n(CCCCC([2H])(O)C([2H])([2H])[2H])c(=O)c2c(C)c[nH]c21. The van der Waals surface area contributed by atoms with E-state index in [1.54, 1.807) is 6.92 Å². The number of nitrogens with one attached hydrogen (secondary N) is 1. The maximum atomic E-state index is 12.6. The van der Waals surface area contributed by atoms with Crippen molar-refractivity contribution in [1.82, 2.24) is 14.1 Å². The largest absolute Gasteiger partial charge is 0.393 e. The van der Waals surface area contributed by atoms with E-state index >= 15 is 0 Å². The lowest BCUT2D eigenvalue weighted by Crippen LogP contribution is -2.39. The van der Waals surface area contributed by atoms with Crippen LogP contribution in [0.25, 0.3) is 11.0 Å². The zero-order valence-corrected chi connectivity index (χ0v) is 11.1. The molecule has 0 aromatic carbocycles. The first-order valence-corrected chi connectivity index (χ1v) is 6.25. The highest BCUT2D eigenvalue weighted by molar-refractivity contribution is 5.78. The minimum atomic E-state index is -2.88. The molecule has 6 heteroatoms. The van der Waals surface area contributed by atoms with Gasteiger partial charge in [0.2, 0.25) is 0 Å². The van der Waals surface area contributed by atoms with Crippen LogP contribution in [0.15, 0.2) is 15.8 Å². The highest BCUT2D eigenvalue weighted by Gasteiger charge is 2.13. The average Bonchev–Trinajstić information content (AvgIpc) is 2.85. The van der Waals surface area contributed by atoms with Gasteiger partial charge in [-0.3, -0.25) is 13.9 Å². The van der Waals surface area contributed by atoms with E-state index < -0.39 is 31.2 Å². The molecule has 2 aromatic rings. The van der Waals surface area contributed by atoms with E-state index in [4.69, 9.17) is 9.60 Å². The number of unbranched alkanes of at least 4 members (excludes halogenated alkanes) is 1. The lowest BCUT2D eigenvalue weighted by Gasteiger charge is -2.09. The summed E-state index contributed by atoms with van der Waals surface area (Å²) in [6.45, 7) is -4.23. The second kappa shape index (κ2) is 5.66. The Labute approximate surface area is 126 Å². The van der Waals surface area contributed by atoms with Gasteiger partial charge in [-0.05, 0) is 38.6 Å². The molecule has 0 aliphatic carbocycles. The number of aryl methyl sites for hydroxylation is 2. The van der Waals surface area contributed by atoms with Crippen LogP contribution in [0.1, 0.15) is 41.3 Å². The van der Waals surface area contributed by atoms with Crippen LogP contribution in [0, 0.1) is 6.92 Å². The predicted molar refractivity (Wildman–Crippen MR) is 78.1 cm³/mol. The smallest absolute Gasteiger partial charge is 0.332 e. The molecule has 2 N–H and O–H groups in total. The van der Waals surface area contributed by atoms with Gasteiger partial charge in [0, 0.05) is 27.9 Å². The Kier molecular flexibility index (Phi) is 2.22. The van der Waals surface area contributed by atoms with E-state index in [1.807, 2.05) is 0 Å². The molecule has 1 unspecified atom stereocenters. The van der Waals surface area contributed by atoms with Crippen LogP contribution in [0.2, 0.25) is 0 Å². The zero-order valence-electron chi connectivity index (χ0n) is 18.1. The zero-order chi connectivity index (χ0) is 20.8. The van der Waals surface area contributed by atoms with Gasteiger partial charge in [-0.2, -0.15) is 0 Å². The molecule has 6 nitrogen and oxygen atoms in total. The lowest BCUT2D eigenvalue weighted by molar-refractivity contribution is 0.180. The molecular formula is C14H21N3O3. The van der Waals surface area contributed by atoms with Gasteiger partial charge in [0.25, 0.3) is 5.56 Å². The quantitative estimate of drug-likeness (QED) is 0.801. The van der Waals surface area contributed by atoms with Crippen molar-refractivity contribution in [2.45, 2.75) is 45.7 Å². The number of hydrogen-bond acceptors (Lipinski definition) is 3. The van der Waals surface area contributed by atoms with Crippen molar-refractivity contribution in [1.29, 1.82) is 0 Å². The van der Waals surface area contributed by atoms with Crippen LogP contribution in [-0.4, -0.2) is 25.3 Å². The van der Waals surface area contributed by atoms with Gasteiger partial charge in [-0.15, -0.1) is 0 Å². The van der Waals surface area contributed by atoms with E-state index in [-0.39, 0.29) is 36.8 Å². The van der Waals surface area contributed by atoms with Gasteiger partial charge in [-0.25, -0.2) is 4.79 Å². The van der Waals surface area contributed by atoms with Crippen molar-refractivity contribution < 1.29 is 14.7 Å². The van der Waals surface area contributed by atoms with Gasteiger partial charge >= 0.3 is 5.69 Å². The topological polar surface area (TPSA) is 80.0 Å². The number of nitrogens with zero attached hydrogens (tertiary/aromatic N) is 2. The number of rotatable bonds is 5. The van der Waals surface area contributed by atoms with Gasteiger partial charge < -0.3 is 10.1 Å². The molecule has 2 rings (SSSR count). The summed E-state index contributed by atoms with van der Waals surface area (Å²) in [5, 5.41) is 9.74. The first kappa shape index (κ1) is 7.83. The van der Waals surface area contributed by atoms with Crippen LogP contribution in [0.3, 0.4) is 0 Å². The van der Waals surface area contributed by atoms with E-state index in [1.165, 1.54) is 6.20 Å². The number of aromatic nitrogens is 3. The molecule has 0 spiro atoms. The minimum absolute atomic E-state index is 0.0577. The molecule has 0 aliphatic heterocycles. The van der Waals surface area contributed by atoms with Crippen molar-refractivity contribution >= 4 is 11.0 Å². The molecule has 1 atom stereocenters. The Morgan fingerprint density at radius 3 is 3.00 bits per heavy atom. The molecule has 2 aromatic heterocycles. The summed E-state index contributed by atoms with van der Waals surface area (Å²) < 4.78 is 52.9. The Balaban J connectivity index is 2.36. The number of aliphatic hydroxyl groups is 1. The third kappa shape index (κ3) is 2.56. The molecule has 0 radical (unpaired) electrons. The molecule has 110 valence electrons. The first-order chi connectivity index (χ1) is 12.2. The Morgan fingerprint density at radius 1 is 1.50 bits per heavy atom. The van der Waals surface area contributed by atoms with E-state index in [2.05, 4.69) is 4.98 Å². The van der Waals surface area contributed by atoms with Crippen molar-refractivity contribution in [3.63, 3.8) is 0 Å². The third-order valence-corrected chi connectivity index (χ3v) is 3.21. The van der Waals surface area contributed by atoms with Crippen LogP contribution in [0.5, 0.6) is 0 Å². The Morgan fingerprint density at radius 2 is 2.30 bits per heavy atom. The van der Waals surface area contributed by atoms with Gasteiger partial charge in [0.05, 0.1) is 12.8 Å². The third-order valence-electron chi connectivity index (χ3n) is 3.21. The van der Waals surface area contributed by atoms with Crippen molar-refractivity contribution in [2.75, 3.05) is 0 Å². The molecule has 0 saturated heterocycles. The Hall–Kier alpha value is -1.82. The highest BCUT2D eigenvalue weighted by atomic mass is 16.3. The average molecular weight is 286 g/mol. The van der Waals surface area contributed by atoms with Crippen molar-refractivity contribution in [3.05, 3.63) is 32.6 Å². The van der Waals surface area contributed by atoms with Gasteiger partial charge in [0.1, 0.15) is 5.65 Å². The second-order valence-electron chi connectivity index (χ2n) is 4.67. The highest BCUT2D eigenvalue weighted by Crippen LogP contribution is 2.10. The number of aromatic amines is 1. The summed E-state index contributed by atoms with van der Waals surface area (Å²) >= 11 is 0. The monoisotopic (exact) mass is 286 g/mol.